The van der Waals surface area contributed by atoms with Crippen LogP contribution in [0.4, 0.5) is 0 Å². The Balaban J connectivity index is 2.05. The maximum Gasteiger partial charge on any atom is 0.0714 e. The third-order valence-corrected chi connectivity index (χ3v) is 3.42. The average molecular weight is 219 g/mol. The minimum atomic E-state index is -0.514. The monoisotopic (exact) mass is 219 g/mol. The molecule has 1 aliphatic heterocycles. The molecule has 2 rings (SSSR count). The molecular formula is C14H21NO. The molecule has 0 bridgehead atoms. The molecule has 0 aromatic heterocycles. The SMILES string of the molecule is Cc1ccc(CC2(O)CCNC(C)C2)cc1. The van der Waals surface area contributed by atoms with Gasteiger partial charge in [-0.15, -0.1) is 0 Å². The van der Waals surface area contributed by atoms with Crippen molar-refractivity contribution in [3.05, 3.63) is 35.4 Å². The summed E-state index contributed by atoms with van der Waals surface area (Å²) in [6.45, 7) is 5.15. The molecule has 1 saturated heterocycles. The molecule has 1 aliphatic rings. The molecule has 1 heterocycles. The number of benzene rings is 1. The lowest BCUT2D eigenvalue weighted by atomic mass is 9.83. The smallest absolute Gasteiger partial charge is 0.0714 e. The zero-order valence-corrected chi connectivity index (χ0v) is 10.2. The first-order valence-corrected chi connectivity index (χ1v) is 6.09. The summed E-state index contributed by atoms with van der Waals surface area (Å²) < 4.78 is 0. The Morgan fingerprint density at radius 2 is 2.06 bits per heavy atom. The molecule has 2 N–H and O–H groups in total. The summed E-state index contributed by atoms with van der Waals surface area (Å²) in [5, 5.41) is 13.9. The van der Waals surface area contributed by atoms with Crippen molar-refractivity contribution in [2.45, 2.75) is 44.8 Å². The van der Waals surface area contributed by atoms with E-state index in [2.05, 4.69) is 43.4 Å². The number of piperidine rings is 1. The first-order valence-electron chi connectivity index (χ1n) is 6.09. The molecule has 0 radical (unpaired) electrons. The van der Waals surface area contributed by atoms with Gasteiger partial charge >= 0.3 is 0 Å². The van der Waals surface area contributed by atoms with Crippen LogP contribution >= 0.6 is 0 Å². The van der Waals surface area contributed by atoms with E-state index in [9.17, 15) is 5.11 Å². The quantitative estimate of drug-likeness (QED) is 0.798. The van der Waals surface area contributed by atoms with Crippen LogP contribution in [0.1, 0.15) is 30.9 Å². The fourth-order valence-corrected chi connectivity index (χ4v) is 2.54. The van der Waals surface area contributed by atoms with E-state index >= 15 is 0 Å². The Kier molecular flexibility index (Phi) is 3.31. The second-order valence-electron chi connectivity index (χ2n) is 5.20. The van der Waals surface area contributed by atoms with E-state index in [-0.39, 0.29) is 0 Å². The van der Waals surface area contributed by atoms with Crippen LogP contribution in [0.25, 0.3) is 0 Å². The van der Waals surface area contributed by atoms with Crippen molar-refractivity contribution >= 4 is 0 Å². The van der Waals surface area contributed by atoms with Gasteiger partial charge in [-0.3, -0.25) is 0 Å². The average Bonchev–Trinajstić information content (AvgIpc) is 2.21. The van der Waals surface area contributed by atoms with E-state index in [4.69, 9.17) is 0 Å². The molecule has 88 valence electrons. The number of rotatable bonds is 2. The first kappa shape index (κ1) is 11.6. The normalized spacial score (nSPS) is 30.3. The highest BCUT2D eigenvalue weighted by Crippen LogP contribution is 2.25. The lowest BCUT2D eigenvalue weighted by molar-refractivity contribution is -0.00125. The molecule has 2 atom stereocenters. The van der Waals surface area contributed by atoms with Gasteiger partial charge in [-0.2, -0.15) is 0 Å². The van der Waals surface area contributed by atoms with Crippen molar-refractivity contribution in [2.75, 3.05) is 6.54 Å². The summed E-state index contributed by atoms with van der Waals surface area (Å²) in [4.78, 5) is 0. The van der Waals surface area contributed by atoms with Gasteiger partial charge in [0.25, 0.3) is 0 Å². The van der Waals surface area contributed by atoms with Gasteiger partial charge in [0, 0.05) is 12.5 Å². The predicted molar refractivity (Wildman–Crippen MR) is 66.5 cm³/mol. The van der Waals surface area contributed by atoms with Gasteiger partial charge in [-0.05, 0) is 38.8 Å². The Labute approximate surface area is 97.7 Å². The molecule has 16 heavy (non-hydrogen) atoms. The number of aliphatic hydroxyl groups is 1. The molecular weight excluding hydrogens is 198 g/mol. The predicted octanol–water partition coefficient (Wildman–Crippen LogP) is 2.04. The Morgan fingerprint density at radius 1 is 1.38 bits per heavy atom. The summed E-state index contributed by atoms with van der Waals surface area (Å²) in [5.41, 5.74) is 2.00. The van der Waals surface area contributed by atoms with E-state index in [0.29, 0.717) is 6.04 Å². The van der Waals surface area contributed by atoms with Gasteiger partial charge < -0.3 is 10.4 Å². The minimum absolute atomic E-state index is 0.421. The largest absolute Gasteiger partial charge is 0.389 e. The molecule has 1 aromatic carbocycles. The molecule has 0 aliphatic carbocycles. The summed E-state index contributed by atoms with van der Waals surface area (Å²) in [6.07, 6.45) is 2.48. The van der Waals surface area contributed by atoms with Crippen molar-refractivity contribution in [1.82, 2.24) is 5.32 Å². The molecule has 0 saturated carbocycles. The van der Waals surface area contributed by atoms with E-state index in [0.717, 1.165) is 25.8 Å². The number of hydrogen-bond donors (Lipinski definition) is 2. The van der Waals surface area contributed by atoms with Gasteiger partial charge in [0.2, 0.25) is 0 Å². The van der Waals surface area contributed by atoms with E-state index in [1.165, 1.54) is 11.1 Å². The molecule has 0 spiro atoms. The third kappa shape index (κ3) is 2.83. The van der Waals surface area contributed by atoms with Crippen molar-refractivity contribution < 1.29 is 5.11 Å². The van der Waals surface area contributed by atoms with Gasteiger partial charge in [0.05, 0.1) is 5.60 Å². The maximum absolute atomic E-state index is 10.5. The zero-order chi connectivity index (χ0) is 11.6. The van der Waals surface area contributed by atoms with Crippen molar-refractivity contribution in [3.63, 3.8) is 0 Å². The van der Waals surface area contributed by atoms with Crippen LogP contribution in [-0.4, -0.2) is 23.3 Å². The topological polar surface area (TPSA) is 32.3 Å². The van der Waals surface area contributed by atoms with Crippen molar-refractivity contribution in [2.24, 2.45) is 0 Å². The molecule has 2 heteroatoms. The van der Waals surface area contributed by atoms with Gasteiger partial charge in [0.1, 0.15) is 0 Å². The van der Waals surface area contributed by atoms with E-state index in [1.54, 1.807) is 0 Å². The highest BCUT2D eigenvalue weighted by molar-refractivity contribution is 5.23. The zero-order valence-electron chi connectivity index (χ0n) is 10.2. The first-order chi connectivity index (χ1) is 7.57. The van der Waals surface area contributed by atoms with Crippen molar-refractivity contribution in [1.29, 1.82) is 0 Å². The van der Waals surface area contributed by atoms with Crippen LogP contribution in [0, 0.1) is 6.92 Å². The second kappa shape index (κ2) is 4.56. The highest BCUT2D eigenvalue weighted by atomic mass is 16.3. The molecule has 0 amide bonds. The molecule has 2 unspecified atom stereocenters. The lowest BCUT2D eigenvalue weighted by Gasteiger charge is -2.36. The van der Waals surface area contributed by atoms with Crippen LogP contribution < -0.4 is 5.32 Å². The third-order valence-electron chi connectivity index (χ3n) is 3.42. The van der Waals surface area contributed by atoms with E-state index in [1.807, 2.05) is 0 Å². The van der Waals surface area contributed by atoms with Crippen LogP contribution in [0.2, 0.25) is 0 Å². The molecule has 1 aromatic rings. The fraction of sp³-hybridized carbons (Fsp3) is 0.571. The fourth-order valence-electron chi connectivity index (χ4n) is 2.54. The second-order valence-corrected chi connectivity index (χ2v) is 5.20. The summed E-state index contributed by atoms with van der Waals surface area (Å²) >= 11 is 0. The van der Waals surface area contributed by atoms with E-state index < -0.39 is 5.60 Å². The van der Waals surface area contributed by atoms with Gasteiger partial charge in [0.15, 0.2) is 0 Å². The maximum atomic E-state index is 10.5. The number of nitrogens with one attached hydrogen (secondary N) is 1. The van der Waals surface area contributed by atoms with Crippen LogP contribution in [0.5, 0.6) is 0 Å². The Morgan fingerprint density at radius 3 is 2.69 bits per heavy atom. The van der Waals surface area contributed by atoms with Gasteiger partial charge in [-0.25, -0.2) is 0 Å². The Hall–Kier alpha value is -0.860. The Bertz CT molecular complexity index is 346. The summed E-state index contributed by atoms with van der Waals surface area (Å²) in [5.74, 6) is 0. The highest BCUT2D eigenvalue weighted by Gasteiger charge is 2.32. The summed E-state index contributed by atoms with van der Waals surface area (Å²) in [7, 11) is 0. The number of aryl methyl sites for hydroxylation is 1. The van der Waals surface area contributed by atoms with Crippen LogP contribution in [0.15, 0.2) is 24.3 Å². The van der Waals surface area contributed by atoms with Crippen LogP contribution in [0.3, 0.4) is 0 Å². The number of hydrogen-bond acceptors (Lipinski definition) is 2. The molecule has 2 nitrogen and oxygen atoms in total. The lowest BCUT2D eigenvalue weighted by Crippen LogP contribution is -2.47. The van der Waals surface area contributed by atoms with Crippen LogP contribution in [-0.2, 0) is 6.42 Å². The standard InChI is InChI=1S/C14H21NO/c1-11-3-5-13(6-4-11)10-14(16)7-8-15-12(2)9-14/h3-6,12,15-16H,7-10H2,1-2H3. The van der Waals surface area contributed by atoms with Gasteiger partial charge in [-0.1, -0.05) is 29.8 Å². The van der Waals surface area contributed by atoms with Crippen molar-refractivity contribution in [3.8, 4) is 0 Å². The minimum Gasteiger partial charge on any atom is -0.389 e. The summed E-state index contributed by atoms with van der Waals surface area (Å²) in [6, 6.07) is 8.90. The molecule has 1 fully saturated rings.